The Labute approximate surface area is 113 Å². The average molecular weight is 274 g/mol. The number of rotatable bonds is 2. The predicted molar refractivity (Wildman–Crippen MR) is 75.1 cm³/mol. The molecule has 18 heavy (non-hydrogen) atoms. The van der Waals surface area contributed by atoms with Crippen molar-refractivity contribution in [2.24, 2.45) is 0 Å². The van der Waals surface area contributed by atoms with Crippen LogP contribution >= 0.6 is 23.6 Å². The summed E-state index contributed by atoms with van der Waals surface area (Å²) in [5.74, 6) is 0.734. The average Bonchev–Trinajstić information content (AvgIpc) is 2.98. The Bertz CT molecular complexity index is 738. The Morgan fingerprint density at radius 3 is 2.78 bits per heavy atom. The van der Waals surface area contributed by atoms with Gasteiger partial charge in [0.1, 0.15) is 5.01 Å². The SMILES string of the molecule is Cc1ccccc1-c1ncc(-c2nc(=S)[nH][nH]2)s1. The maximum absolute atomic E-state index is 4.94. The van der Waals surface area contributed by atoms with E-state index in [9.17, 15) is 0 Å². The molecule has 90 valence electrons. The molecule has 0 fully saturated rings. The van der Waals surface area contributed by atoms with Crippen molar-refractivity contribution in [3.63, 3.8) is 0 Å². The number of aromatic nitrogens is 4. The maximum atomic E-state index is 4.94. The molecule has 2 N–H and O–H groups in total. The zero-order valence-electron chi connectivity index (χ0n) is 9.60. The van der Waals surface area contributed by atoms with E-state index in [1.807, 2.05) is 18.3 Å². The fraction of sp³-hybridized carbons (Fsp3) is 0.0833. The van der Waals surface area contributed by atoms with Crippen molar-refractivity contribution < 1.29 is 0 Å². The molecule has 0 aliphatic heterocycles. The summed E-state index contributed by atoms with van der Waals surface area (Å²) < 4.78 is 0.454. The first kappa shape index (κ1) is 11.3. The lowest BCUT2D eigenvalue weighted by atomic mass is 10.1. The third-order valence-corrected chi connectivity index (χ3v) is 3.85. The zero-order chi connectivity index (χ0) is 12.5. The fourth-order valence-corrected chi connectivity index (χ4v) is 2.80. The van der Waals surface area contributed by atoms with E-state index in [0.29, 0.717) is 4.77 Å². The smallest absolute Gasteiger partial charge is 0.213 e. The maximum Gasteiger partial charge on any atom is 0.213 e. The van der Waals surface area contributed by atoms with Crippen molar-refractivity contribution in [1.82, 2.24) is 20.2 Å². The van der Waals surface area contributed by atoms with Crippen LogP contribution in [0.15, 0.2) is 30.5 Å². The summed E-state index contributed by atoms with van der Waals surface area (Å²) in [4.78, 5) is 9.60. The number of hydrogen-bond acceptors (Lipinski definition) is 4. The van der Waals surface area contributed by atoms with Crippen molar-refractivity contribution in [1.29, 1.82) is 0 Å². The molecule has 0 saturated carbocycles. The van der Waals surface area contributed by atoms with E-state index in [4.69, 9.17) is 12.2 Å². The van der Waals surface area contributed by atoms with Gasteiger partial charge in [0.15, 0.2) is 5.82 Å². The van der Waals surface area contributed by atoms with Crippen LogP contribution in [0.25, 0.3) is 21.3 Å². The molecule has 3 rings (SSSR count). The van der Waals surface area contributed by atoms with E-state index in [-0.39, 0.29) is 0 Å². The van der Waals surface area contributed by atoms with Gasteiger partial charge in [0.2, 0.25) is 4.77 Å². The molecule has 3 aromatic rings. The highest BCUT2D eigenvalue weighted by Gasteiger charge is 2.09. The molecule has 4 nitrogen and oxygen atoms in total. The molecule has 0 spiro atoms. The quantitative estimate of drug-likeness (QED) is 0.702. The minimum absolute atomic E-state index is 0.454. The molecular weight excluding hydrogens is 264 g/mol. The molecule has 1 aromatic carbocycles. The van der Waals surface area contributed by atoms with E-state index in [2.05, 4.69) is 39.2 Å². The van der Waals surface area contributed by atoms with Gasteiger partial charge in [0, 0.05) is 11.8 Å². The Morgan fingerprint density at radius 2 is 2.06 bits per heavy atom. The number of benzene rings is 1. The van der Waals surface area contributed by atoms with Gasteiger partial charge in [-0.15, -0.1) is 11.3 Å². The summed E-state index contributed by atoms with van der Waals surface area (Å²) >= 11 is 6.54. The van der Waals surface area contributed by atoms with Crippen molar-refractivity contribution in [2.45, 2.75) is 6.92 Å². The second-order valence-electron chi connectivity index (χ2n) is 3.86. The number of aromatic amines is 2. The summed E-state index contributed by atoms with van der Waals surface area (Å²) in [6.45, 7) is 2.08. The number of hydrogen-bond donors (Lipinski definition) is 2. The van der Waals surface area contributed by atoms with Crippen LogP contribution in [0.4, 0.5) is 0 Å². The summed E-state index contributed by atoms with van der Waals surface area (Å²) in [7, 11) is 0. The van der Waals surface area contributed by atoms with Crippen molar-refractivity contribution >= 4 is 23.6 Å². The second-order valence-corrected chi connectivity index (χ2v) is 5.28. The summed E-state index contributed by atoms with van der Waals surface area (Å²) in [5.41, 5.74) is 2.37. The first-order valence-corrected chi connectivity index (χ1v) is 6.63. The van der Waals surface area contributed by atoms with E-state index < -0.39 is 0 Å². The largest absolute Gasteiger partial charge is 0.281 e. The highest BCUT2D eigenvalue weighted by atomic mass is 32.1. The van der Waals surface area contributed by atoms with Gasteiger partial charge in [-0.25, -0.2) is 4.98 Å². The van der Waals surface area contributed by atoms with E-state index in [1.54, 1.807) is 11.3 Å². The molecule has 0 aliphatic carbocycles. The van der Waals surface area contributed by atoms with Gasteiger partial charge in [-0.05, 0) is 24.7 Å². The molecule has 0 radical (unpaired) electrons. The minimum atomic E-state index is 0.454. The van der Waals surface area contributed by atoms with Crippen LogP contribution in [0.5, 0.6) is 0 Å². The minimum Gasteiger partial charge on any atom is -0.281 e. The molecule has 0 saturated heterocycles. The highest BCUT2D eigenvalue weighted by molar-refractivity contribution is 7.71. The molecule has 2 aromatic heterocycles. The van der Waals surface area contributed by atoms with E-state index in [0.717, 1.165) is 21.3 Å². The Kier molecular flexibility index (Phi) is 2.81. The number of nitrogens with one attached hydrogen (secondary N) is 2. The Morgan fingerprint density at radius 1 is 1.22 bits per heavy atom. The van der Waals surface area contributed by atoms with Crippen LogP contribution in [0.3, 0.4) is 0 Å². The monoisotopic (exact) mass is 274 g/mol. The van der Waals surface area contributed by atoms with Gasteiger partial charge in [-0.1, -0.05) is 24.3 Å². The summed E-state index contributed by atoms with van der Waals surface area (Å²) in [5, 5.41) is 6.71. The third kappa shape index (κ3) is 2.00. The lowest BCUT2D eigenvalue weighted by Crippen LogP contribution is -1.79. The van der Waals surface area contributed by atoms with Crippen LogP contribution < -0.4 is 0 Å². The molecule has 0 unspecified atom stereocenters. The van der Waals surface area contributed by atoms with E-state index >= 15 is 0 Å². The van der Waals surface area contributed by atoms with Gasteiger partial charge >= 0.3 is 0 Å². The lowest BCUT2D eigenvalue weighted by molar-refractivity contribution is 1.08. The topological polar surface area (TPSA) is 57.4 Å². The van der Waals surface area contributed by atoms with Crippen molar-refractivity contribution in [3.05, 3.63) is 40.8 Å². The highest BCUT2D eigenvalue weighted by Crippen LogP contribution is 2.31. The third-order valence-electron chi connectivity index (χ3n) is 2.62. The van der Waals surface area contributed by atoms with Crippen LogP contribution in [0.1, 0.15) is 5.56 Å². The van der Waals surface area contributed by atoms with Gasteiger partial charge in [-0.2, -0.15) is 4.98 Å². The number of nitrogens with zero attached hydrogens (tertiary/aromatic N) is 2. The molecule has 0 amide bonds. The van der Waals surface area contributed by atoms with E-state index in [1.165, 1.54) is 5.56 Å². The molecule has 0 bridgehead atoms. The van der Waals surface area contributed by atoms with Crippen molar-refractivity contribution in [2.75, 3.05) is 0 Å². The van der Waals surface area contributed by atoms with Crippen LogP contribution in [0.2, 0.25) is 0 Å². The summed E-state index contributed by atoms with van der Waals surface area (Å²) in [6.07, 6.45) is 1.81. The summed E-state index contributed by atoms with van der Waals surface area (Å²) in [6, 6.07) is 8.20. The van der Waals surface area contributed by atoms with Crippen LogP contribution in [0, 0.1) is 11.7 Å². The normalized spacial score (nSPS) is 10.7. The van der Waals surface area contributed by atoms with Crippen LogP contribution in [-0.4, -0.2) is 20.2 Å². The standard InChI is InChI=1S/C12H10N4S2/c1-7-4-2-3-5-8(7)11-13-6-9(18-11)10-14-12(17)16-15-10/h2-6H,1H3,(H2,14,15,16,17). The number of aryl methyl sites for hydroxylation is 1. The Hall–Kier alpha value is -1.79. The number of thiazole rings is 1. The zero-order valence-corrected chi connectivity index (χ0v) is 11.2. The first-order chi connectivity index (χ1) is 8.74. The fourth-order valence-electron chi connectivity index (χ4n) is 1.71. The molecule has 0 aliphatic rings. The number of H-pyrrole nitrogens is 2. The molecule has 2 heterocycles. The van der Waals surface area contributed by atoms with Crippen LogP contribution in [-0.2, 0) is 0 Å². The lowest BCUT2D eigenvalue weighted by Gasteiger charge is -1.99. The van der Waals surface area contributed by atoms with Gasteiger partial charge in [0.05, 0.1) is 4.88 Å². The predicted octanol–water partition coefficient (Wildman–Crippen LogP) is 3.57. The van der Waals surface area contributed by atoms with Crippen molar-refractivity contribution in [3.8, 4) is 21.3 Å². The second kappa shape index (κ2) is 4.47. The van der Waals surface area contributed by atoms with Gasteiger partial charge in [-0.3, -0.25) is 10.2 Å². The van der Waals surface area contributed by atoms with Gasteiger partial charge in [0.25, 0.3) is 0 Å². The molecular formula is C12H10N4S2. The van der Waals surface area contributed by atoms with Gasteiger partial charge < -0.3 is 0 Å². The first-order valence-electron chi connectivity index (χ1n) is 5.41. The molecule has 6 heteroatoms. The molecule has 0 atom stereocenters. The Balaban J connectivity index is 2.05.